The summed E-state index contributed by atoms with van der Waals surface area (Å²) in [4.78, 5) is 16.5. The summed E-state index contributed by atoms with van der Waals surface area (Å²) in [6, 6.07) is 3.74. The first kappa shape index (κ1) is 13.3. The number of fused-ring (bicyclic) bond motifs is 1. The van der Waals surface area contributed by atoms with E-state index < -0.39 is 0 Å². The van der Waals surface area contributed by atoms with Crippen LogP contribution in [0.25, 0.3) is 10.9 Å². The lowest BCUT2D eigenvalue weighted by atomic mass is 10.2. The van der Waals surface area contributed by atoms with E-state index >= 15 is 0 Å². The summed E-state index contributed by atoms with van der Waals surface area (Å²) in [6.07, 6.45) is 0.845. The monoisotopic (exact) mass is 426 g/mol. The molecule has 0 fully saturated rings. The van der Waals surface area contributed by atoms with E-state index in [1.807, 2.05) is 19.1 Å². The summed E-state index contributed by atoms with van der Waals surface area (Å²) in [5.74, 6) is 0. The van der Waals surface area contributed by atoms with E-state index in [0.29, 0.717) is 17.4 Å². The number of hydrogen-bond acceptors (Lipinski definition) is 2. The highest BCUT2D eigenvalue weighted by Crippen LogP contribution is 2.24. The minimum absolute atomic E-state index is 0.0823. The van der Waals surface area contributed by atoms with Gasteiger partial charge in [0.05, 0.1) is 10.9 Å². The Labute approximate surface area is 125 Å². The van der Waals surface area contributed by atoms with Crippen molar-refractivity contribution in [2.75, 3.05) is 0 Å². The molecule has 2 rings (SSSR count). The van der Waals surface area contributed by atoms with Gasteiger partial charge in [-0.3, -0.25) is 9.36 Å². The van der Waals surface area contributed by atoms with Gasteiger partial charge in [-0.2, -0.15) is 0 Å². The average molecular weight is 427 g/mol. The van der Waals surface area contributed by atoms with Crippen molar-refractivity contribution < 1.29 is 0 Å². The fourth-order valence-corrected chi connectivity index (χ4v) is 3.49. The molecule has 0 bridgehead atoms. The molecule has 0 unspecified atom stereocenters. The van der Waals surface area contributed by atoms with Gasteiger partial charge in [-0.25, -0.2) is 4.98 Å². The second-order valence-electron chi connectivity index (χ2n) is 3.62. The molecule has 0 atom stereocenters. The van der Waals surface area contributed by atoms with Crippen molar-refractivity contribution in [3.05, 3.63) is 35.8 Å². The molecule has 0 saturated carbocycles. The number of hydrogen-bond donors (Lipinski definition) is 0. The molecule has 0 N–H and O–H groups in total. The topological polar surface area (TPSA) is 34.9 Å². The zero-order valence-electron chi connectivity index (χ0n) is 9.01. The third-order valence-corrected chi connectivity index (χ3v) is 3.89. The zero-order valence-corrected chi connectivity index (χ0v) is 13.5. The lowest BCUT2D eigenvalue weighted by molar-refractivity contribution is 0.649. The maximum Gasteiger partial charge on any atom is 0.262 e. The van der Waals surface area contributed by atoms with Crippen molar-refractivity contribution in [1.29, 1.82) is 0 Å². The third-order valence-electron chi connectivity index (χ3n) is 2.38. The van der Waals surface area contributed by atoms with E-state index in [2.05, 4.69) is 43.5 Å². The SMILES string of the molecule is CCCn1c(Cl)nc2c(Br)cc(I)cc2c1=O. The number of nitrogens with zero attached hydrogens (tertiary/aromatic N) is 2. The van der Waals surface area contributed by atoms with Gasteiger partial charge < -0.3 is 0 Å². The van der Waals surface area contributed by atoms with Crippen molar-refractivity contribution in [2.45, 2.75) is 19.9 Å². The van der Waals surface area contributed by atoms with E-state index in [1.54, 1.807) is 0 Å². The summed E-state index contributed by atoms with van der Waals surface area (Å²) in [6.45, 7) is 2.58. The molecule has 0 aliphatic carbocycles. The van der Waals surface area contributed by atoms with Gasteiger partial charge in [0.2, 0.25) is 5.28 Å². The van der Waals surface area contributed by atoms with Crippen LogP contribution in [-0.2, 0) is 6.54 Å². The van der Waals surface area contributed by atoms with Crippen LogP contribution in [0.15, 0.2) is 21.4 Å². The molecule has 1 heterocycles. The highest BCUT2D eigenvalue weighted by atomic mass is 127. The van der Waals surface area contributed by atoms with Crippen molar-refractivity contribution in [3.63, 3.8) is 0 Å². The summed E-state index contributed by atoms with van der Waals surface area (Å²) in [5, 5.41) is 0.841. The molecule has 0 aliphatic heterocycles. The Morgan fingerprint density at radius 3 is 2.88 bits per heavy atom. The molecule has 90 valence electrons. The van der Waals surface area contributed by atoms with Crippen LogP contribution < -0.4 is 5.56 Å². The first-order valence-corrected chi connectivity index (χ1v) is 7.34. The fourth-order valence-electron chi connectivity index (χ4n) is 1.64. The summed E-state index contributed by atoms with van der Waals surface area (Å²) in [7, 11) is 0. The van der Waals surface area contributed by atoms with Gasteiger partial charge in [0.25, 0.3) is 5.56 Å². The summed E-state index contributed by atoms with van der Waals surface area (Å²) < 4.78 is 3.29. The third kappa shape index (κ3) is 2.51. The number of aromatic nitrogens is 2. The van der Waals surface area contributed by atoms with E-state index in [4.69, 9.17) is 11.6 Å². The highest BCUT2D eigenvalue weighted by Gasteiger charge is 2.11. The van der Waals surface area contributed by atoms with Gasteiger partial charge in [-0.1, -0.05) is 6.92 Å². The molecule has 0 spiro atoms. The zero-order chi connectivity index (χ0) is 12.6. The second kappa shape index (κ2) is 5.24. The van der Waals surface area contributed by atoms with Gasteiger partial charge in [0, 0.05) is 14.6 Å². The largest absolute Gasteiger partial charge is 0.283 e. The predicted molar refractivity (Wildman–Crippen MR) is 81.7 cm³/mol. The lowest BCUT2D eigenvalue weighted by Crippen LogP contribution is -2.22. The van der Waals surface area contributed by atoms with E-state index in [9.17, 15) is 4.79 Å². The molecule has 0 aliphatic rings. The normalized spacial score (nSPS) is 11.1. The molecule has 1 aromatic heterocycles. The van der Waals surface area contributed by atoms with E-state index in [1.165, 1.54) is 4.57 Å². The van der Waals surface area contributed by atoms with Crippen molar-refractivity contribution in [2.24, 2.45) is 0 Å². The van der Waals surface area contributed by atoms with Crippen LogP contribution in [0, 0.1) is 3.57 Å². The maximum atomic E-state index is 12.3. The number of benzene rings is 1. The number of halogens is 3. The van der Waals surface area contributed by atoms with Crippen LogP contribution in [-0.4, -0.2) is 9.55 Å². The lowest BCUT2D eigenvalue weighted by Gasteiger charge is -2.09. The van der Waals surface area contributed by atoms with Gasteiger partial charge in [-0.05, 0) is 68.7 Å². The Hall–Kier alpha value is -0.140. The van der Waals surface area contributed by atoms with Crippen LogP contribution in [0.4, 0.5) is 0 Å². The minimum Gasteiger partial charge on any atom is -0.283 e. The first-order valence-electron chi connectivity index (χ1n) is 5.09. The Morgan fingerprint density at radius 1 is 1.53 bits per heavy atom. The van der Waals surface area contributed by atoms with Crippen molar-refractivity contribution >= 4 is 61.0 Å². The van der Waals surface area contributed by atoms with Gasteiger partial charge in [-0.15, -0.1) is 0 Å². The highest BCUT2D eigenvalue weighted by molar-refractivity contribution is 14.1. The van der Waals surface area contributed by atoms with Crippen LogP contribution in [0.3, 0.4) is 0 Å². The molecule has 0 saturated heterocycles. The Balaban J connectivity index is 2.87. The molecule has 1 aromatic carbocycles. The molecular weight excluding hydrogens is 418 g/mol. The van der Waals surface area contributed by atoms with Crippen molar-refractivity contribution in [3.8, 4) is 0 Å². The second-order valence-corrected chi connectivity index (χ2v) is 6.06. The fraction of sp³-hybridized carbons (Fsp3) is 0.273. The van der Waals surface area contributed by atoms with Crippen LogP contribution in [0.2, 0.25) is 5.28 Å². The Kier molecular flexibility index (Phi) is 4.10. The summed E-state index contributed by atoms with van der Waals surface area (Å²) in [5.41, 5.74) is 0.536. The first-order chi connectivity index (χ1) is 8.04. The predicted octanol–water partition coefficient (Wildman–Crippen LogP) is 3.83. The molecule has 0 radical (unpaired) electrons. The molecule has 3 nitrogen and oxygen atoms in total. The maximum absolute atomic E-state index is 12.3. The quantitative estimate of drug-likeness (QED) is 0.540. The molecule has 17 heavy (non-hydrogen) atoms. The summed E-state index contributed by atoms with van der Waals surface area (Å²) >= 11 is 11.6. The molecule has 6 heteroatoms. The van der Waals surface area contributed by atoms with Gasteiger partial charge in [0.1, 0.15) is 0 Å². The van der Waals surface area contributed by atoms with Crippen LogP contribution in [0.1, 0.15) is 13.3 Å². The van der Waals surface area contributed by atoms with Gasteiger partial charge in [0.15, 0.2) is 0 Å². The van der Waals surface area contributed by atoms with Gasteiger partial charge >= 0.3 is 0 Å². The Bertz CT molecular complexity index is 641. The minimum atomic E-state index is -0.0823. The molecule has 0 amide bonds. The van der Waals surface area contributed by atoms with E-state index in [0.717, 1.165) is 14.5 Å². The standard InChI is InChI=1S/C11H9BrClIN2O/c1-2-3-16-10(17)7-4-6(14)5-8(12)9(7)15-11(16)13/h4-5H,2-3H2,1H3. The van der Waals surface area contributed by atoms with Crippen LogP contribution in [0.5, 0.6) is 0 Å². The smallest absolute Gasteiger partial charge is 0.262 e. The Morgan fingerprint density at radius 2 is 2.24 bits per heavy atom. The van der Waals surface area contributed by atoms with Crippen LogP contribution >= 0.6 is 50.1 Å². The van der Waals surface area contributed by atoms with Crippen molar-refractivity contribution in [1.82, 2.24) is 9.55 Å². The molecular formula is C11H9BrClIN2O. The average Bonchev–Trinajstić information content (AvgIpc) is 2.26. The number of rotatable bonds is 2. The van der Waals surface area contributed by atoms with E-state index in [-0.39, 0.29) is 10.8 Å². The molecule has 2 aromatic rings.